The Labute approximate surface area is 127 Å². The lowest BCUT2D eigenvalue weighted by Crippen LogP contribution is -2.32. The van der Waals surface area contributed by atoms with Gasteiger partial charge in [0.05, 0.1) is 5.69 Å². The van der Waals surface area contributed by atoms with E-state index in [4.69, 9.17) is 5.11 Å². The second-order valence-electron chi connectivity index (χ2n) is 4.73. The maximum atomic E-state index is 11.7. The molecule has 0 spiro atoms. The van der Waals surface area contributed by atoms with E-state index in [-0.39, 0.29) is 18.6 Å². The van der Waals surface area contributed by atoms with Gasteiger partial charge in [0.2, 0.25) is 0 Å². The molecule has 2 aromatic rings. The summed E-state index contributed by atoms with van der Waals surface area (Å²) in [5.74, 6) is 0.239. The highest BCUT2D eigenvalue weighted by Gasteiger charge is 2.09. The quantitative estimate of drug-likeness (QED) is 0.764. The van der Waals surface area contributed by atoms with Gasteiger partial charge in [0.1, 0.15) is 0 Å². The summed E-state index contributed by atoms with van der Waals surface area (Å²) in [5.41, 5.74) is 1.70. The second-order valence-corrected chi connectivity index (χ2v) is 5.59. The van der Waals surface area contributed by atoms with Gasteiger partial charge in [0.15, 0.2) is 5.13 Å². The third kappa shape index (κ3) is 4.80. The summed E-state index contributed by atoms with van der Waals surface area (Å²) in [6.07, 6.45) is 4.11. The second kappa shape index (κ2) is 7.70. The van der Waals surface area contributed by atoms with E-state index in [2.05, 4.69) is 20.6 Å². The minimum atomic E-state index is -0.285. The van der Waals surface area contributed by atoms with Crippen LogP contribution in [0, 0.1) is 5.92 Å². The number of rotatable bonds is 6. The summed E-state index contributed by atoms with van der Waals surface area (Å²) < 4.78 is 0. The van der Waals surface area contributed by atoms with Crippen LogP contribution in [0.4, 0.5) is 9.93 Å². The third-order valence-electron chi connectivity index (χ3n) is 2.91. The first kappa shape index (κ1) is 15.4. The first-order valence-corrected chi connectivity index (χ1v) is 7.58. The Morgan fingerprint density at radius 2 is 2.38 bits per heavy atom. The Kier molecular flexibility index (Phi) is 5.65. The number of nitrogens with one attached hydrogen (secondary N) is 2. The maximum absolute atomic E-state index is 11.7. The minimum absolute atomic E-state index is 0.130. The largest absolute Gasteiger partial charge is 0.396 e. The molecule has 0 aromatic carbocycles. The van der Waals surface area contributed by atoms with Gasteiger partial charge in [-0.05, 0) is 24.5 Å². The van der Waals surface area contributed by atoms with Crippen molar-refractivity contribution in [1.82, 2.24) is 15.3 Å². The molecule has 0 bridgehead atoms. The van der Waals surface area contributed by atoms with Crippen LogP contribution in [-0.2, 0) is 0 Å². The number of aliphatic hydroxyl groups excluding tert-OH is 1. The molecule has 0 radical (unpaired) electrons. The summed E-state index contributed by atoms with van der Waals surface area (Å²) in [6.45, 7) is 2.62. The van der Waals surface area contributed by atoms with Crippen LogP contribution in [-0.4, -0.2) is 34.3 Å². The van der Waals surface area contributed by atoms with Crippen LogP contribution in [0.5, 0.6) is 0 Å². The Morgan fingerprint density at radius 1 is 1.52 bits per heavy atom. The number of aromatic nitrogens is 2. The summed E-state index contributed by atoms with van der Waals surface area (Å²) in [6, 6.07) is 3.48. The number of amides is 2. The van der Waals surface area contributed by atoms with Gasteiger partial charge in [-0.1, -0.05) is 6.92 Å². The number of anilines is 1. The SMILES string of the molecule is CC(CCO)CNC(=O)Nc1nc(-c2cccnc2)cs1. The van der Waals surface area contributed by atoms with Crippen LogP contribution in [0.15, 0.2) is 29.9 Å². The number of carbonyl (C=O) groups is 1. The Bertz CT molecular complexity index is 573. The average molecular weight is 306 g/mol. The number of hydrogen-bond acceptors (Lipinski definition) is 5. The summed E-state index contributed by atoms with van der Waals surface area (Å²) in [7, 11) is 0. The molecule has 2 heterocycles. The number of aliphatic hydroxyl groups is 1. The highest BCUT2D eigenvalue weighted by Crippen LogP contribution is 2.23. The summed E-state index contributed by atoms with van der Waals surface area (Å²) >= 11 is 1.37. The molecule has 21 heavy (non-hydrogen) atoms. The van der Waals surface area contributed by atoms with Gasteiger partial charge in [-0.25, -0.2) is 9.78 Å². The third-order valence-corrected chi connectivity index (χ3v) is 3.67. The summed E-state index contributed by atoms with van der Waals surface area (Å²) in [5, 5.41) is 16.7. The first-order valence-electron chi connectivity index (χ1n) is 6.70. The van der Waals surface area contributed by atoms with E-state index in [9.17, 15) is 4.79 Å². The standard InChI is InChI=1S/C14H18N4O2S/c1-10(4-6-19)7-16-13(20)18-14-17-12(9-21-14)11-3-2-5-15-8-11/h2-3,5,8-10,19H,4,6-7H2,1H3,(H2,16,17,18,20). The van der Waals surface area contributed by atoms with E-state index in [0.717, 1.165) is 11.3 Å². The predicted octanol–water partition coefficient (Wildman–Crippen LogP) is 2.35. The smallest absolute Gasteiger partial charge is 0.321 e. The Balaban J connectivity index is 1.86. The van der Waals surface area contributed by atoms with Crippen molar-refractivity contribution >= 4 is 22.5 Å². The predicted molar refractivity (Wildman–Crippen MR) is 83.2 cm³/mol. The van der Waals surface area contributed by atoms with Crippen molar-refractivity contribution in [2.24, 2.45) is 5.92 Å². The van der Waals surface area contributed by atoms with E-state index in [0.29, 0.717) is 18.1 Å². The molecule has 1 atom stereocenters. The van der Waals surface area contributed by atoms with Gasteiger partial charge in [-0.3, -0.25) is 10.3 Å². The first-order chi connectivity index (χ1) is 10.2. The van der Waals surface area contributed by atoms with Gasteiger partial charge in [0, 0.05) is 36.5 Å². The molecule has 0 aliphatic heterocycles. The lowest BCUT2D eigenvalue weighted by atomic mass is 10.1. The highest BCUT2D eigenvalue weighted by atomic mass is 32.1. The van der Waals surface area contributed by atoms with Crippen molar-refractivity contribution in [1.29, 1.82) is 0 Å². The fourth-order valence-electron chi connectivity index (χ4n) is 1.71. The number of urea groups is 1. The topological polar surface area (TPSA) is 87.1 Å². The molecule has 0 aliphatic carbocycles. The fourth-order valence-corrected chi connectivity index (χ4v) is 2.42. The van der Waals surface area contributed by atoms with Crippen molar-refractivity contribution in [3.05, 3.63) is 29.9 Å². The van der Waals surface area contributed by atoms with E-state index in [1.165, 1.54) is 11.3 Å². The van der Waals surface area contributed by atoms with Crippen LogP contribution in [0.25, 0.3) is 11.3 Å². The van der Waals surface area contributed by atoms with Crippen LogP contribution >= 0.6 is 11.3 Å². The molecule has 0 aliphatic rings. The minimum Gasteiger partial charge on any atom is -0.396 e. The van der Waals surface area contributed by atoms with Crippen molar-refractivity contribution < 1.29 is 9.90 Å². The number of carbonyl (C=O) groups excluding carboxylic acids is 1. The lowest BCUT2D eigenvalue weighted by molar-refractivity contribution is 0.243. The number of nitrogens with zero attached hydrogens (tertiary/aromatic N) is 2. The van der Waals surface area contributed by atoms with E-state index >= 15 is 0 Å². The van der Waals surface area contributed by atoms with Crippen LogP contribution < -0.4 is 10.6 Å². The molecule has 2 rings (SSSR count). The van der Waals surface area contributed by atoms with Gasteiger partial charge >= 0.3 is 6.03 Å². The zero-order chi connectivity index (χ0) is 15.1. The highest BCUT2D eigenvalue weighted by molar-refractivity contribution is 7.14. The number of hydrogen-bond donors (Lipinski definition) is 3. The van der Waals surface area contributed by atoms with Crippen molar-refractivity contribution in [3.8, 4) is 11.3 Å². The molecule has 2 amide bonds. The van der Waals surface area contributed by atoms with E-state index < -0.39 is 0 Å². The Morgan fingerprint density at radius 3 is 3.10 bits per heavy atom. The van der Waals surface area contributed by atoms with Gasteiger partial charge in [-0.2, -0.15) is 0 Å². The van der Waals surface area contributed by atoms with Crippen LogP contribution in [0.2, 0.25) is 0 Å². The molecular formula is C14H18N4O2S. The average Bonchev–Trinajstić information content (AvgIpc) is 2.95. The van der Waals surface area contributed by atoms with Crippen LogP contribution in [0.3, 0.4) is 0 Å². The molecule has 7 heteroatoms. The van der Waals surface area contributed by atoms with Crippen molar-refractivity contribution in [3.63, 3.8) is 0 Å². The molecule has 3 N–H and O–H groups in total. The molecule has 112 valence electrons. The monoisotopic (exact) mass is 306 g/mol. The molecule has 0 saturated heterocycles. The molecule has 2 aromatic heterocycles. The molecular weight excluding hydrogens is 288 g/mol. The van der Waals surface area contributed by atoms with Crippen LogP contribution in [0.1, 0.15) is 13.3 Å². The van der Waals surface area contributed by atoms with Crippen molar-refractivity contribution in [2.75, 3.05) is 18.5 Å². The number of thiazole rings is 1. The number of pyridine rings is 1. The fraction of sp³-hybridized carbons (Fsp3) is 0.357. The normalized spacial score (nSPS) is 11.9. The van der Waals surface area contributed by atoms with E-state index in [1.807, 2.05) is 24.4 Å². The van der Waals surface area contributed by atoms with Crippen molar-refractivity contribution in [2.45, 2.75) is 13.3 Å². The molecule has 0 saturated carbocycles. The van der Waals surface area contributed by atoms with Gasteiger partial charge in [-0.15, -0.1) is 11.3 Å². The van der Waals surface area contributed by atoms with Gasteiger partial charge in [0.25, 0.3) is 0 Å². The van der Waals surface area contributed by atoms with E-state index in [1.54, 1.807) is 12.4 Å². The molecule has 0 fully saturated rings. The maximum Gasteiger partial charge on any atom is 0.321 e. The molecule has 6 nitrogen and oxygen atoms in total. The Hall–Kier alpha value is -1.99. The lowest BCUT2D eigenvalue weighted by Gasteiger charge is -2.10. The zero-order valence-electron chi connectivity index (χ0n) is 11.7. The molecule has 1 unspecified atom stereocenters. The van der Waals surface area contributed by atoms with Gasteiger partial charge < -0.3 is 10.4 Å². The summed E-state index contributed by atoms with van der Waals surface area (Å²) in [4.78, 5) is 20.1. The zero-order valence-corrected chi connectivity index (χ0v) is 12.6.